The van der Waals surface area contributed by atoms with E-state index in [0.717, 1.165) is 22.2 Å². The largest absolute Gasteiger partial charge is 0.376 e. The molecule has 0 aromatic heterocycles. The Hall–Kier alpha value is -3.14. The number of benzene rings is 3. The molecule has 0 aliphatic carbocycles. The fourth-order valence-corrected chi connectivity index (χ4v) is 2.45. The Labute approximate surface area is 141 Å². The van der Waals surface area contributed by atoms with Gasteiger partial charge in [0, 0.05) is 5.69 Å². The SMILES string of the molecule is Cc1ccccc1NCC(=O)N/N=C/c1ccc2ccccc2c1. The molecule has 1 amide bonds. The number of hydrogen-bond donors (Lipinski definition) is 2. The van der Waals surface area contributed by atoms with Crippen LogP contribution in [0.4, 0.5) is 5.69 Å². The van der Waals surface area contributed by atoms with Crippen LogP contribution < -0.4 is 10.7 Å². The van der Waals surface area contributed by atoms with Gasteiger partial charge in [-0.15, -0.1) is 0 Å². The first-order chi connectivity index (χ1) is 11.7. The summed E-state index contributed by atoms with van der Waals surface area (Å²) >= 11 is 0. The Kier molecular flexibility index (Phi) is 4.87. The molecule has 24 heavy (non-hydrogen) atoms. The first-order valence-corrected chi connectivity index (χ1v) is 7.82. The summed E-state index contributed by atoms with van der Waals surface area (Å²) in [4.78, 5) is 11.8. The van der Waals surface area contributed by atoms with E-state index in [-0.39, 0.29) is 12.5 Å². The van der Waals surface area contributed by atoms with E-state index in [9.17, 15) is 4.79 Å². The molecule has 3 aromatic rings. The molecule has 0 saturated heterocycles. The van der Waals surface area contributed by atoms with Crippen LogP contribution in [-0.4, -0.2) is 18.7 Å². The van der Waals surface area contributed by atoms with Crippen LogP contribution in [0, 0.1) is 6.92 Å². The van der Waals surface area contributed by atoms with Crippen molar-refractivity contribution in [2.45, 2.75) is 6.92 Å². The maximum Gasteiger partial charge on any atom is 0.259 e. The topological polar surface area (TPSA) is 53.5 Å². The van der Waals surface area contributed by atoms with E-state index in [4.69, 9.17) is 0 Å². The molecular formula is C20H19N3O. The number of aryl methyl sites for hydroxylation is 1. The van der Waals surface area contributed by atoms with Gasteiger partial charge in [-0.2, -0.15) is 5.10 Å². The van der Waals surface area contributed by atoms with Crippen molar-refractivity contribution in [3.63, 3.8) is 0 Å². The fourth-order valence-electron chi connectivity index (χ4n) is 2.45. The molecule has 0 spiro atoms. The number of para-hydroxylation sites is 1. The Bertz CT molecular complexity index is 887. The van der Waals surface area contributed by atoms with Gasteiger partial charge in [0.05, 0.1) is 12.8 Å². The summed E-state index contributed by atoms with van der Waals surface area (Å²) in [5.41, 5.74) is 5.53. The number of fused-ring (bicyclic) bond motifs is 1. The average Bonchev–Trinajstić information content (AvgIpc) is 2.61. The number of rotatable bonds is 5. The van der Waals surface area contributed by atoms with Gasteiger partial charge < -0.3 is 5.32 Å². The molecule has 0 radical (unpaired) electrons. The van der Waals surface area contributed by atoms with Crippen molar-refractivity contribution < 1.29 is 4.79 Å². The quantitative estimate of drug-likeness (QED) is 0.557. The lowest BCUT2D eigenvalue weighted by molar-refractivity contribution is -0.119. The summed E-state index contributed by atoms with van der Waals surface area (Å²) in [5.74, 6) is -0.185. The van der Waals surface area contributed by atoms with Gasteiger partial charge in [-0.25, -0.2) is 5.43 Å². The van der Waals surface area contributed by atoms with Gasteiger partial charge in [0.25, 0.3) is 5.91 Å². The molecule has 4 heteroatoms. The minimum Gasteiger partial charge on any atom is -0.376 e. The summed E-state index contributed by atoms with van der Waals surface area (Å²) in [6.45, 7) is 2.18. The third kappa shape index (κ3) is 3.98. The highest BCUT2D eigenvalue weighted by Crippen LogP contribution is 2.14. The summed E-state index contributed by atoms with van der Waals surface area (Å²) in [5, 5.41) is 9.45. The lowest BCUT2D eigenvalue weighted by atomic mass is 10.1. The summed E-state index contributed by atoms with van der Waals surface area (Å²) in [6.07, 6.45) is 1.65. The standard InChI is InChI=1S/C20H19N3O/c1-15-6-2-5-9-19(15)21-14-20(24)23-22-13-16-10-11-17-7-3-4-8-18(17)12-16/h2-13,21H,14H2,1H3,(H,23,24)/b22-13+. The molecule has 0 saturated carbocycles. The molecule has 3 rings (SSSR count). The maximum atomic E-state index is 11.8. The average molecular weight is 317 g/mol. The maximum absolute atomic E-state index is 11.8. The summed E-state index contributed by atoms with van der Waals surface area (Å²) < 4.78 is 0. The smallest absolute Gasteiger partial charge is 0.259 e. The Morgan fingerprint density at radius 3 is 2.58 bits per heavy atom. The Morgan fingerprint density at radius 2 is 1.75 bits per heavy atom. The number of nitrogens with one attached hydrogen (secondary N) is 2. The molecule has 0 unspecified atom stereocenters. The number of hydrazone groups is 1. The van der Waals surface area contributed by atoms with E-state index in [1.165, 1.54) is 5.39 Å². The number of hydrogen-bond acceptors (Lipinski definition) is 3. The third-order valence-electron chi connectivity index (χ3n) is 3.76. The molecule has 0 heterocycles. The van der Waals surface area contributed by atoms with Crippen LogP contribution in [0.25, 0.3) is 10.8 Å². The normalized spacial score (nSPS) is 10.9. The predicted octanol–water partition coefficient (Wildman–Crippen LogP) is 3.71. The molecule has 2 N–H and O–H groups in total. The van der Waals surface area contributed by atoms with Crippen LogP contribution in [0.5, 0.6) is 0 Å². The van der Waals surface area contributed by atoms with E-state index in [1.54, 1.807) is 6.21 Å². The number of carbonyl (C=O) groups excluding carboxylic acids is 1. The van der Waals surface area contributed by atoms with Crippen LogP contribution in [0.1, 0.15) is 11.1 Å². The minimum absolute atomic E-state index is 0.180. The third-order valence-corrected chi connectivity index (χ3v) is 3.76. The van der Waals surface area contributed by atoms with Crippen molar-refractivity contribution in [1.82, 2.24) is 5.43 Å². The van der Waals surface area contributed by atoms with Crippen molar-refractivity contribution >= 4 is 28.6 Å². The Balaban J connectivity index is 1.55. The molecule has 0 bridgehead atoms. The molecule has 0 aliphatic heterocycles. The highest BCUT2D eigenvalue weighted by molar-refractivity contribution is 5.91. The second kappa shape index (κ2) is 7.42. The van der Waals surface area contributed by atoms with E-state index < -0.39 is 0 Å². The summed E-state index contributed by atoms with van der Waals surface area (Å²) in [7, 11) is 0. The van der Waals surface area contributed by atoms with Crippen molar-refractivity contribution in [1.29, 1.82) is 0 Å². The van der Waals surface area contributed by atoms with E-state index in [0.29, 0.717) is 0 Å². The van der Waals surface area contributed by atoms with Crippen molar-refractivity contribution in [3.05, 3.63) is 77.9 Å². The van der Waals surface area contributed by atoms with Crippen LogP contribution in [0.15, 0.2) is 71.8 Å². The van der Waals surface area contributed by atoms with Crippen molar-refractivity contribution in [2.75, 3.05) is 11.9 Å². The number of carbonyl (C=O) groups is 1. The number of amides is 1. The molecule has 4 nitrogen and oxygen atoms in total. The van der Waals surface area contributed by atoms with Crippen LogP contribution in [-0.2, 0) is 4.79 Å². The van der Waals surface area contributed by atoms with Gasteiger partial charge in [-0.3, -0.25) is 4.79 Å². The monoisotopic (exact) mass is 317 g/mol. The second-order valence-electron chi connectivity index (χ2n) is 5.57. The molecular weight excluding hydrogens is 298 g/mol. The number of nitrogens with zero attached hydrogens (tertiary/aromatic N) is 1. The van der Waals surface area contributed by atoms with E-state index in [2.05, 4.69) is 28.0 Å². The van der Waals surface area contributed by atoms with Gasteiger partial charge in [-0.05, 0) is 41.0 Å². The molecule has 0 atom stereocenters. The lowest BCUT2D eigenvalue weighted by Crippen LogP contribution is -2.26. The summed E-state index contributed by atoms with van der Waals surface area (Å²) in [6, 6.07) is 22.0. The fraction of sp³-hybridized carbons (Fsp3) is 0.100. The van der Waals surface area contributed by atoms with Crippen molar-refractivity contribution in [2.24, 2.45) is 5.10 Å². The highest BCUT2D eigenvalue weighted by atomic mass is 16.2. The van der Waals surface area contributed by atoms with Gasteiger partial charge >= 0.3 is 0 Å². The first-order valence-electron chi connectivity index (χ1n) is 7.82. The Morgan fingerprint density at radius 1 is 1.00 bits per heavy atom. The zero-order chi connectivity index (χ0) is 16.8. The van der Waals surface area contributed by atoms with Crippen LogP contribution >= 0.6 is 0 Å². The van der Waals surface area contributed by atoms with Gasteiger partial charge in [0.2, 0.25) is 0 Å². The zero-order valence-electron chi connectivity index (χ0n) is 13.5. The molecule has 0 aliphatic rings. The van der Waals surface area contributed by atoms with Crippen molar-refractivity contribution in [3.8, 4) is 0 Å². The van der Waals surface area contributed by atoms with E-state index >= 15 is 0 Å². The van der Waals surface area contributed by atoms with Gasteiger partial charge in [-0.1, -0.05) is 54.6 Å². The second-order valence-corrected chi connectivity index (χ2v) is 5.57. The van der Waals surface area contributed by atoms with Crippen LogP contribution in [0.3, 0.4) is 0 Å². The predicted molar refractivity (Wildman–Crippen MR) is 99.4 cm³/mol. The first kappa shape index (κ1) is 15.7. The molecule has 120 valence electrons. The van der Waals surface area contributed by atoms with Crippen LogP contribution in [0.2, 0.25) is 0 Å². The minimum atomic E-state index is -0.185. The zero-order valence-corrected chi connectivity index (χ0v) is 13.5. The highest BCUT2D eigenvalue weighted by Gasteiger charge is 2.01. The molecule has 3 aromatic carbocycles. The van der Waals surface area contributed by atoms with E-state index in [1.807, 2.05) is 61.5 Å². The lowest BCUT2D eigenvalue weighted by Gasteiger charge is -2.07. The van der Waals surface area contributed by atoms with Gasteiger partial charge in [0.15, 0.2) is 0 Å². The molecule has 0 fully saturated rings. The van der Waals surface area contributed by atoms with Gasteiger partial charge in [0.1, 0.15) is 0 Å². The number of anilines is 1.